The number of allylic oxidation sites excluding steroid dienone is 2. The highest BCUT2D eigenvalue weighted by molar-refractivity contribution is 6.22. The standard InChI is InChI=1S/C33H48O4/c1-18-11-12-24(23-10-8-9-22(13-23)16-34)25-15-31(5)17-32(6)14-19(2)26(21(4)35)30(37)33(32,7)20(3)28(31)29(36)27(18)25/h16,18,20,22-25,27-28H,8-15,17H2,1-7H3/t18?,20?,22?,23?,24?,25?,27?,28?,31-,32+,33+/m0/s1. The number of hydrogen-bond acceptors (Lipinski definition) is 4. The molecular weight excluding hydrogens is 460 g/mol. The minimum Gasteiger partial charge on any atom is -0.303 e. The highest BCUT2D eigenvalue weighted by Gasteiger charge is 2.69. The lowest BCUT2D eigenvalue weighted by Crippen LogP contribution is -2.66. The van der Waals surface area contributed by atoms with Crippen molar-refractivity contribution < 1.29 is 19.2 Å². The molecule has 204 valence electrons. The van der Waals surface area contributed by atoms with Crippen LogP contribution in [0.15, 0.2) is 11.1 Å². The Labute approximate surface area is 223 Å². The van der Waals surface area contributed by atoms with Gasteiger partial charge in [-0.25, -0.2) is 0 Å². The molecule has 4 saturated carbocycles. The lowest BCUT2D eigenvalue weighted by Gasteiger charge is -2.67. The van der Waals surface area contributed by atoms with Crippen LogP contribution in [0.2, 0.25) is 0 Å². The van der Waals surface area contributed by atoms with Crippen LogP contribution in [-0.4, -0.2) is 23.6 Å². The minimum absolute atomic E-state index is 0.0209. The van der Waals surface area contributed by atoms with Gasteiger partial charge in [0, 0.05) is 23.2 Å². The van der Waals surface area contributed by atoms with E-state index in [-0.39, 0.29) is 46.1 Å². The molecule has 4 heteroatoms. The number of Topliss-reactive ketones (excluding diaryl/α,β-unsaturated/α-hetero) is 3. The Morgan fingerprint density at radius 2 is 1.70 bits per heavy atom. The fraction of sp³-hybridized carbons (Fsp3) is 0.818. The van der Waals surface area contributed by atoms with E-state index < -0.39 is 5.41 Å². The van der Waals surface area contributed by atoms with Gasteiger partial charge in [-0.2, -0.15) is 0 Å². The number of ketones is 3. The third-order valence-corrected chi connectivity index (χ3v) is 12.8. The van der Waals surface area contributed by atoms with Gasteiger partial charge in [0.15, 0.2) is 11.6 Å². The molecule has 11 atom stereocenters. The lowest BCUT2D eigenvalue weighted by molar-refractivity contribution is -0.190. The number of aldehydes is 1. The highest BCUT2D eigenvalue weighted by Crippen LogP contribution is 2.71. The van der Waals surface area contributed by atoms with E-state index >= 15 is 0 Å². The van der Waals surface area contributed by atoms with Crippen LogP contribution in [0, 0.1) is 63.6 Å². The van der Waals surface area contributed by atoms with Crippen molar-refractivity contribution in [3.63, 3.8) is 0 Å². The molecule has 0 saturated heterocycles. The van der Waals surface area contributed by atoms with E-state index in [4.69, 9.17) is 0 Å². The first-order chi connectivity index (χ1) is 17.3. The minimum atomic E-state index is -0.710. The van der Waals surface area contributed by atoms with Crippen molar-refractivity contribution in [2.24, 2.45) is 63.6 Å². The van der Waals surface area contributed by atoms with Gasteiger partial charge in [-0.05, 0) is 99.2 Å². The molecule has 0 aromatic heterocycles. The smallest absolute Gasteiger partial charge is 0.173 e. The van der Waals surface area contributed by atoms with Crippen LogP contribution in [0.5, 0.6) is 0 Å². The topological polar surface area (TPSA) is 68.3 Å². The summed E-state index contributed by atoms with van der Waals surface area (Å²) in [4.78, 5) is 52.9. The van der Waals surface area contributed by atoms with Crippen molar-refractivity contribution in [1.82, 2.24) is 0 Å². The second-order valence-corrected chi connectivity index (χ2v) is 14.9. The van der Waals surface area contributed by atoms with Crippen molar-refractivity contribution in [1.29, 1.82) is 0 Å². The van der Waals surface area contributed by atoms with Gasteiger partial charge in [0.1, 0.15) is 12.1 Å². The molecule has 5 aliphatic carbocycles. The normalized spacial score (nSPS) is 50.1. The summed E-state index contributed by atoms with van der Waals surface area (Å²) in [5.74, 6) is 2.10. The fourth-order valence-electron chi connectivity index (χ4n) is 11.2. The van der Waals surface area contributed by atoms with Crippen molar-refractivity contribution in [2.75, 3.05) is 0 Å². The molecule has 5 rings (SSSR count). The van der Waals surface area contributed by atoms with E-state index in [1.54, 1.807) is 0 Å². The van der Waals surface area contributed by atoms with Crippen LogP contribution in [0.3, 0.4) is 0 Å². The average Bonchev–Trinajstić information content (AvgIpc) is 2.81. The molecule has 0 spiro atoms. The lowest BCUT2D eigenvalue weighted by atomic mass is 9.35. The summed E-state index contributed by atoms with van der Waals surface area (Å²) < 4.78 is 0. The van der Waals surface area contributed by atoms with Gasteiger partial charge < -0.3 is 4.79 Å². The molecule has 4 fully saturated rings. The van der Waals surface area contributed by atoms with Crippen LogP contribution in [0.1, 0.15) is 106 Å². The largest absolute Gasteiger partial charge is 0.303 e. The van der Waals surface area contributed by atoms with Crippen molar-refractivity contribution in [2.45, 2.75) is 106 Å². The number of carbonyl (C=O) groups excluding carboxylic acids is 4. The van der Waals surface area contributed by atoms with Crippen LogP contribution >= 0.6 is 0 Å². The van der Waals surface area contributed by atoms with Crippen LogP contribution in [-0.2, 0) is 19.2 Å². The first-order valence-corrected chi connectivity index (χ1v) is 15.0. The third kappa shape index (κ3) is 3.73. The van der Waals surface area contributed by atoms with Gasteiger partial charge in [0.2, 0.25) is 0 Å². The summed E-state index contributed by atoms with van der Waals surface area (Å²) in [6, 6.07) is 0. The summed E-state index contributed by atoms with van der Waals surface area (Å²) in [7, 11) is 0. The maximum absolute atomic E-state index is 14.6. The summed E-state index contributed by atoms with van der Waals surface area (Å²) in [5, 5.41) is 0. The summed E-state index contributed by atoms with van der Waals surface area (Å²) in [6.45, 7) is 14.6. The van der Waals surface area contributed by atoms with Crippen LogP contribution < -0.4 is 0 Å². The Kier molecular flexibility index (Phi) is 6.56. The van der Waals surface area contributed by atoms with Crippen LogP contribution in [0.4, 0.5) is 0 Å². The molecule has 0 bridgehead atoms. The van der Waals surface area contributed by atoms with E-state index in [1.807, 2.05) is 6.92 Å². The molecule has 37 heavy (non-hydrogen) atoms. The molecule has 4 nitrogen and oxygen atoms in total. The number of rotatable bonds is 3. The van der Waals surface area contributed by atoms with Crippen molar-refractivity contribution in [3.05, 3.63) is 11.1 Å². The summed E-state index contributed by atoms with van der Waals surface area (Å²) in [6.07, 6.45) is 10.4. The molecule has 5 aliphatic rings. The fourth-order valence-corrected chi connectivity index (χ4v) is 11.2. The number of fused-ring (bicyclic) bond motifs is 3. The SMILES string of the molecule is CC(=O)C1=C(C)C[C@]2(C)C[C@]3(C)CC4C(C5CCCC(C=O)C5)CCC(C)C4C(=O)C3C(C)[C@]2(C)C1=O. The van der Waals surface area contributed by atoms with Crippen molar-refractivity contribution >= 4 is 23.6 Å². The monoisotopic (exact) mass is 508 g/mol. The molecule has 0 heterocycles. The van der Waals surface area contributed by atoms with Gasteiger partial charge in [-0.3, -0.25) is 14.4 Å². The predicted octanol–water partition coefficient (Wildman–Crippen LogP) is 6.80. The van der Waals surface area contributed by atoms with E-state index in [9.17, 15) is 19.2 Å². The van der Waals surface area contributed by atoms with Crippen molar-refractivity contribution in [3.8, 4) is 0 Å². The Morgan fingerprint density at radius 1 is 1.00 bits per heavy atom. The maximum Gasteiger partial charge on any atom is 0.173 e. The van der Waals surface area contributed by atoms with E-state index in [0.29, 0.717) is 35.0 Å². The molecule has 0 aliphatic heterocycles. The zero-order valence-corrected chi connectivity index (χ0v) is 24.2. The summed E-state index contributed by atoms with van der Waals surface area (Å²) >= 11 is 0. The highest BCUT2D eigenvalue weighted by atomic mass is 16.2. The number of carbonyl (C=O) groups is 4. The molecule has 0 amide bonds. The molecule has 0 aromatic carbocycles. The van der Waals surface area contributed by atoms with Gasteiger partial charge in [0.25, 0.3) is 0 Å². The van der Waals surface area contributed by atoms with E-state index in [1.165, 1.54) is 26.1 Å². The molecule has 0 N–H and O–H groups in total. The zero-order valence-electron chi connectivity index (χ0n) is 24.2. The van der Waals surface area contributed by atoms with Crippen LogP contribution in [0.25, 0.3) is 0 Å². The molecule has 0 aromatic rings. The Hall–Kier alpha value is -1.58. The zero-order chi connectivity index (χ0) is 27.1. The predicted molar refractivity (Wildman–Crippen MR) is 145 cm³/mol. The van der Waals surface area contributed by atoms with Gasteiger partial charge >= 0.3 is 0 Å². The van der Waals surface area contributed by atoms with Gasteiger partial charge in [-0.15, -0.1) is 0 Å². The van der Waals surface area contributed by atoms with E-state index in [0.717, 1.165) is 50.5 Å². The molecule has 0 radical (unpaired) electrons. The maximum atomic E-state index is 14.6. The van der Waals surface area contributed by atoms with Gasteiger partial charge in [-0.1, -0.05) is 53.0 Å². The number of hydrogen-bond donors (Lipinski definition) is 0. The first kappa shape index (κ1) is 27.0. The molecule has 8 unspecified atom stereocenters. The molecular formula is C33H48O4. The summed E-state index contributed by atoms with van der Waals surface area (Å²) in [5.41, 5.74) is 0.197. The quantitative estimate of drug-likeness (QED) is 0.311. The van der Waals surface area contributed by atoms with E-state index in [2.05, 4.69) is 34.6 Å². The Balaban J connectivity index is 1.55. The third-order valence-electron chi connectivity index (χ3n) is 12.8. The Bertz CT molecular complexity index is 1050. The second-order valence-electron chi connectivity index (χ2n) is 14.9. The average molecular weight is 509 g/mol. The first-order valence-electron chi connectivity index (χ1n) is 15.0. The second kappa shape index (κ2) is 8.98. The van der Waals surface area contributed by atoms with Gasteiger partial charge in [0.05, 0.1) is 5.57 Å². The Morgan fingerprint density at radius 3 is 2.35 bits per heavy atom.